The number of aromatic nitrogens is 3. The highest BCUT2D eigenvalue weighted by atomic mass is 32.1. The summed E-state index contributed by atoms with van der Waals surface area (Å²) in [4.78, 5) is 12.5. The van der Waals surface area contributed by atoms with E-state index in [-0.39, 0.29) is 12.5 Å². The fourth-order valence-electron chi connectivity index (χ4n) is 1.43. The lowest BCUT2D eigenvalue weighted by Crippen LogP contribution is -2.27. The van der Waals surface area contributed by atoms with E-state index in [0.29, 0.717) is 23.5 Å². The predicted molar refractivity (Wildman–Crippen MR) is 70.6 cm³/mol. The van der Waals surface area contributed by atoms with E-state index in [4.69, 9.17) is 5.11 Å². The Labute approximate surface area is 114 Å². The average molecular weight is 276 g/mol. The molecule has 0 aliphatic heterocycles. The molecular weight excluding hydrogens is 264 g/mol. The van der Waals surface area contributed by atoms with Crippen LogP contribution >= 0.6 is 11.3 Å². The second-order valence-corrected chi connectivity index (χ2v) is 4.46. The Balaban J connectivity index is 1.91. The molecule has 0 saturated carbocycles. The molecule has 2 aromatic heterocycles. The third-order valence-electron chi connectivity index (χ3n) is 2.27. The van der Waals surface area contributed by atoms with Crippen LogP contribution in [0.1, 0.15) is 15.2 Å². The normalized spacial score (nSPS) is 9.74. The van der Waals surface area contributed by atoms with Crippen molar-refractivity contribution in [2.24, 2.45) is 0 Å². The van der Waals surface area contributed by atoms with Gasteiger partial charge in [-0.05, 0) is 11.4 Å². The van der Waals surface area contributed by atoms with Gasteiger partial charge in [-0.15, -0.1) is 16.4 Å². The molecule has 0 spiro atoms. The fourth-order valence-corrected chi connectivity index (χ4v) is 2.20. The van der Waals surface area contributed by atoms with Crippen molar-refractivity contribution in [3.8, 4) is 11.8 Å². The number of hydrogen-bond acceptors (Lipinski definition) is 5. The van der Waals surface area contributed by atoms with Gasteiger partial charge in [-0.3, -0.25) is 9.48 Å². The van der Waals surface area contributed by atoms with E-state index >= 15 is 0 Å². The van der Waals surface area contributed by atoms with E-state index in [1.54, 1.807) is 28.5 Å². The second-order valence-electron chi connectivity index (χ2n) is 3.55. The third-order valence-corrected chi connectivity index (χ3v) is 3.19. The van der Waals surface area contributed by atoms with Crippen LogP contribution in [0.2, 0.25) is 0 Å². The minimum atomic E-state index is -0.219. The van der Waals surface area contributed by atoms with Gasteiger partial charge in [0.1, 0.15) is 11.5 Å². The van der Waals surface area contributed by atoms with Crippen molar-refractivity contribution in [2.75, 3.05) is 13.2 Å². The first-order valence-corrected chi connectivity index (χ1v) is 6.48. The number of hydrogen-bond donors (Lipinski definition) is 2. The molecule has 0 aliphatic carbocycles. The van der Waals surface area contributed by atoms with Gasteiger partial charge in [0.05, 0.1) is 12.7 Å². The van der Waals surface area contributed by atoms with Crippen LogP contribution in [0.15, 0.2) is 23.8 Å². The summed E-state index contributed by atoms with van der Waals surface area (Å²) in [6.45, 7) is 0.810. The van der Waals surface area contributed by atoms with Crippen molar-refractivity contribution in [3.63, 3.8) is 0 Å². The van der Waals surface area contributed by atoms with Crippen LogP contribution in [0.4, 0.5) is 0 Å². The maximum atomic E-state index is 11.9. The summed E-state index contributed by atoms with van der Waals surface area (Å²) in [5.74, 6) is 5.11. The highest BCUT2D eigenvalue weighted by molar-refractivity contribution is 7.12. The lowest BCUT2D eigenvalue weighted by Gasteiger charge is -2.03. The third kappa shape index (κ3) is 3.64. The lowest BCUT2D eigenvalue weighted by atomic mass is 10.2. The van der Waals surface area contributed by atoms with E-state index in [1.165, 1.54) is 11.3 Å². The molecule has 0 saturated heterocycles. The zero-order valence-electron chi connectivity index (χ0n) is 10.0. The van der Waals surface area contributed by atoms with Crippen LogP contribution in [0.3, 0.4) is 0 Å². The van der Waals surface area contributed by atoms with E-state index < -0.39 is 0 Å². The number of aliphatic hydroxyl groups excluding tert-OH is 1. The highest BCUT2D eigenvalue weighted by Crippen LogP contribution is 2.15. The predicted octanol–water partition coefficient (Wildman–Crippen LogP) is 0.113. The van der Waals surface area contributed by atoms with Crippen molar-refractivity contribution in [2.45, 2.75) is 6.54 Å². The summed E-state index contributed by atoms with van der Waals surface area (Å²) in [6.07, 6.45) is 3.32. The van der Waals surface area contributed by atoms with Crippen molar-refractivity contribution >= 4 is 17.2 Å². The van der Waals surface area contributed by atoms with E-state index in [9.17, 15) is 4.79 Å². The van der Waals surface area contributed by atoms with Gasteiger partial charge in [-0.1, -0.05) is 17.1 Å². The number of rotatable bonds is 4. The van der Waals surface area contributed by atoms with Gasteiger partial charge in [-0.25, -0.2) is 0 Å². The number of aliphatic hydroxyl groups is 1. The molecule has 0 aliphatic rings. The largest absolute Gasteiger partial charge is 0.384 e. The minimum Gasteiger partial charge on any atom is -0.384 e. The van der Waals surface area contributed by atoms with Gasteiger partial charge in [-0.2, -0.15) is 0 Å². The number of thiophene rings is 1. The van der Waals surface area contributed by atoms with Gasteiger partial charge in [0.2, 0.25) is 0 Å². The van der Waals surface area contributed by atoms with Crippen molar-refractivity contribution in [3.05, 3.63) is 34.3 Å². The van der Waals surface area contributed by atoms with Crippen molar-refractivity contribution in [1.82, 2.24) is 20.3 Å². The number of amides is 1. The lowest BCUT2D eigenvalue weighted by molar-refractivity contribution is 0.0955. The van der Waals surface area contributed by atoms with E-state index in [1.807, 2.05) is 0 Å². The summed E-state index contributed by atoms with van der Waals surface area (Å²) in [5, 5.41) is 20.7. The zero-order chi connectivity index (χ0) is 13.5. The SMILES string of the molecule is O=C(NCCn1ccnn1)c1sccc1C#CCO. The molecule has 0 radical (unpaired) electrons. The van der Waals surface area contributed by atoms with Crippen LogP contribution in [0.5, 0.6) is 0 Å². The van der Waals surface area contributed by atoms with Crippen molar-refractivity contribution < 1.29 is 9.90 Å². The van der Waals surface area contributed by atoms with E-state index in [0.717, 1.165) is 0 Å². The van der Waals surface area contributed by atoms with Gasteiger partial charge in [0.25, 0.3) is 5.91 Å². The van der Waals surface area contributed by atoms with Crippen LogP contribution in [0.25, 0.3) is 0 Å². The molecule has 0 atom stereocenters. The first kappa shape index (κ1) is 13.3. The Morgan fingerprint density at radius 2 is 2.47 bits per heavy atom. The Hall–Kier alpha value is -2.17. The first-order valence-electron chi connectivity index (χ1n) is 5.61. The summed E-state index contributed by atoms with van der Waals surface area (Å²) < 4.78 is 1.64. The smallest absolute Gasteiger partial charge is 0.262 e. The van der Waals surface area contributed by atoms with Gasteiger partial charge in [0.15, 0.2) is 0 Å². The molecule has 98 valence electrons. The van der Waals surface area contributed by atoms with Crippen LogP contribution in [-0.2, 0) is 6.54 Å². The summed E-state index contributed by atoms with van der Waals surface area (Å²) in [7, 11) is 0. The van der Waals surface area contributed by atoms with Crippen molar-refractivity contribution in [1.29, 1.82) is 0 Å². The molecular formula is C12H12N4O2S. The molecule has 0 aromatic carbocycles. The number of carbonyl (C=O) groups excluding carboxylic acids is 1. The van der Waals surface area contributed by atoms with Crippen LogP contribution in [0, 0.1) is 11.8 Å². The molecule has 6 nitrogen and oxygen atoms in total. The Morgan fingerprint density at radius 1 is 1.58 bits per heavy atom. The molecule has 0 unspecified atom stereocenters. The Kier molecular flexibility index (Phi) is 4.66. The summed E-state index contributed by atoms with van der Waals surface area (Å²) >= 11 is 1.33. The minimum absolute atomic E-state index is 0.169. The topological polar surface area (TPSA) is 80.0 Å². The molecule has 2 N–H and O–H groups in total. The molecule has 2 rings (SSSR count). The quantitative estimate of drug-likeness (QED) is 0.777. The van der Waals surface area contributed by atoms with Gasteiger partial charge < -0.3 is 10.4 Å². The maximum Gasteiger partial charge on any atom is 0.262 e. The average Bonchev–Trinajstić information content (AvgIpc) is 3.07. The number of nitrogens with one attached hydrogen (secondary N) is 1. The molecule has 2 aromatic rings. The van der Waals surface area contributed by atoms with Crippen LogP contribution in [-0.4, -0.2) is 39.2 Å². The standard InChI is InChI=1S/C12H12N4O2S/c17-8-1-2-10-3-9-19-11(10)12(18)13-4-6-16-7-5-14-15-16/h3,5,7,9,17H,4,6,8H2,(H,13,18). The van der Waals surface area contributed by atoms with Gasteiger partial charge >= 0.3 is 0 Å². The second kappa shape index (κ2) is 6.68. The Morgan fingerprint density at radius 3 is 3.21 bits per heavy atom. The van der Waals surface area contributed by atoms with E-state index in [2.05, 4.69) is 27.5 Å². The highest BCUT2D eigenvalue weighted by Gasteiger charge is 2.11. The molecule has 7 heteroatoms. The molecule has 1 amide bonds. The molecule has 19 heavy (non-hydrogen) atoms. The molecule has 0 fully saturated rings. The molecule has 0 bridgehead atoms. The van der Waals surface area contributed by atoms with Crippen LogP contribution < -0.4 is 5.32 Å². The summed E-state index contributed by atoms with van der Waals surface area (Å²) in [5.41, 5.74) is 0.636. The summed E-state index contributed by atoms with van der Waals surface area (Å²) in [6, 6.07) is 1.76. The number of carbonyl (C=O) groups is 1. The fraction of sp³-hybridized carbons (Fsp3) is 0.250. The van der Waals surface area contributed by atoms with Gasteiger partial charge in [0, 0.05) is 18.3 Å². The molecule has 2 heterocycles. The zero-order valence-corrected chi connectivity index (χ0v) is 10.9. The first-order chi connectivity index (χ1) is 9.31. The number of nitrogens with zero attached hydrogens (tertiary/aromatic N) is 3. The maximum absolute atomic E-state index is 11.9. The monoisotopic (exact) mass is 276 g/mol. The Bertz CT molecular complexity index is 595.